The van der Waals surface area contributed by atoms with Crippen molar-refractivity contribution in [3.8, 4) is 0 Å². The summed E-state index contributed by atoms with van der Waals surface area (Å²) in [6.07, 6.45) is 4.08. The summed E-state index contributed by atoms with van der Waals surface area (Å²) < 4.78 is 4.88. The normalized spacial score (nSPS) is 16.2. The maximum absolute atomic E-state index is 11.5. The third-order valence-electron chi connectivity index (χ3n) is 3.00. The number of carbonyl (C=O) groups is 1. The molecular formula is C12H24N4O2. The second-order valence-electron chi connectivity index (χ2n) is 4.46. The summed E-state index contributed by atoms with van der Waals surface area (Å²) in [4.78, 5) is 15.6. The van der Waals surface area contributed by atoms with Crippen molar-refractivity contribution >= 4 is 11.9 Å². The van der Waals surface area contributed by atoms with Gasteiger partial charge >= 0.3 is 0 Å². The first-order valence-electron chi connectivity index (χ1n) is 6.54. The van der Waals surface area contributed by atoms with E-state index in [1.54, 1.807) is 7.11 Å². The molecule has 0 aromatic carbocycles. The van der Waals surface area contributed by atoms with Gasteiger partial charge in [-0.3, -0.25) is 9.79 Å². The Hall–Kier alpha value is -1.30. The molecule has 1 amide bonds. The third-order valence-corrected chi connectivity index (χ3v) is 3.00. The standard InChI is InChI=1S/C12H24N4O2/c1-18-9-8-16-12(13)15-7-3-6-14-11(17)10-4-2-5-10/h10H,2-9H2,1H3,(H,14,17)(H3,13,15,16). The predicted octanol–water partition coefficient (Wildman–Crippen LogP) is -0.156. The van der Waals surface area contributed by atoms with Gasteiger partial charge in [0.05, 0.1) is 6.61 Å². The number of carbonyl (C=O) groups excluding carboxylic acids is 1. The van der Waals surface area contributed by atoms with Crippen LogP contribution in [-0.4, -0.2) is 45.2 Å². The van der Waals surface area contributed by atoms with Crippen LogP contribution >= 0.6 is 0 Å². The van der Waals surface area contributed by atoms with E-state index in [0.29, 0.717) is 32.2 Å². The Morgan fingerprint density at radius 2 is 2.17 bits per heavy atom. The van der Waals surface area contributed by atoms with Crippen LogP contribution in [0.15, 0.2) is 4.99 Å². The summed E-state index contributed by atoms with van der Waals surface area (Å²) in [6.45, 7) is 2.55. The molecule has 0 unspecified atom stereocenters. The summed E-state index contributed by atoms with van der Waals surface area (Å²) in [7, 11) is 1.64. The molecule has 0 atom stereocenters. The van der Waals surface area contributed by atoms with Crippen LogP contribution in [0.1, 0.15) is 25.7 Å². The molecule has 18 heavy (non-hydrogen) atoms. The SMILES string of the molecule is COCCNC(N)=NCCCNC(=O)C1CCC1. The number of hydrogen-bond acceptors (Lipinski definition) is 3. The van der Waals surface area contributed by atoms with Crippen molar-refractivity contribution in [1.82, 2.24) is 10.6 Å². The van der Waals surface area contributed by atoms with Gasteiger partial charge in [0.25, 0.3) is 0 Å². The van der Waals surface area contributed by atoms with Crippen LogP contribution in [-0.2, 0) is 9.53 Å². The van der Waals surface area contributed by atoms with Crippen molar-refractivity contribution in [2.75, 3.05) is 33.4 Å². The maximum atomic E-state index is 11.5. The first-order valence-corrected chi connectivity index (χ1v) is 6.54. The summed E-state index contributed by atoms with van der Waals surface area (Å²) in [5, 5.41) is 5.86. The molecule has 6 nitrogen and oxygen atoms in total. The molecule has 104 valence electrons. The van der Waals surface area contributed by atoms with Gasteiger partial charge in [0.15, 0.2) is 5.96 Å². The molecule has 1 saturated carbocycles. The van der Waals surface area contributed by atoms with Gasteiger partial charge in [-0.1, -0.05) is 6.42 Å². The Kier molecular flexibility index (Phi) is 7.17. The van der Waals surface area contributed by atoms with Crippen LogP contribution < -0.4 is 16.4 Å². The highest BCUT2D eigenvalue weighted by molar-refractivity contribution is 5.79. The molecule has 1 rings (SSSR count). The first kappa shape index (κ1) is 14.8. The number of nitrogens with two attached hydrogens (primary N) is 1. The van der Waals surface area contributed by atoms with E-state index < -0.39 is 0 Å². The number of hydrogen-bond donors (Lipinski definition) is 3. The fraction of sp³-hybridized carbons (Fsp3) is 0.833. The molecule has 0 radical (unpaired) electrons. The Labute approximate surface area is 108 Å². The average molecular weight is 256 g/mol. The van der Waals surface area contributed by atoms with E-state index in [9.17, 15) is 4.79 Å². The zero-order valence-corrected chi connectivity index (χ0v) is 11.1. The van der Waals surface area contributed by atoms with Crippen LogP contribution in [0, 0.1) is 5.92 Å². The van der Waals surface area contributed by atoms with E-state index in [1.165, 1.54) is 6.42 Å². The van der Waals surface area contributed by atoms with E-state index in [1.807, 2.05) is 0 Å². The van der Waals surface area contributed by atoms with E-state index in [-0.39, 0.29) is 11.8 Å². The van der Waals surface area contributed by atoms with Gasteiger partial charge < -0.3 is 21.1 Å². The second-order valence-corrected chi connectivity index (χ2v) is 4.46. The van der Waals surface area contributed by atoms with Gasteiger partial charge in [0, 0.05) is 32.7 Å². The molecule has 1 aliphatic carbocycles. The maximum Gasteiger partial charge on any atom is 0.223 e. The van der Waals surface area contributed by atoms with E-state index in [0.717, 1.165) is 19.3 Å². The number of amides is 1. The second kappa shape index (κ2) is 8.74. The molecule has 0 aromatic heterocycles. The number of methoxy groups -OCH3 is 1. The zero-order valence-electron chi connectivity index (χ0n) is 11.1. The van der Waals surface area contributed by atoms with Crippen LogP contribution in [0.2, 0.25) is 0 Å². The monoisotopic (exact) mass is 256 g/mol. The molecule has 1 fully saturated rings. The Morgan fingerprint density at radius 1 is 1.39 bits per heavy atom. The predicted molar refractivity (Wildman–Crippen MR) is 71.3 cm³/mol. The summed E-state index contributed by atoms with van der Waals surface area (Å²) in [5.41, 5.74) is 5.63. The lowest BCUT2D eigenvalue weighted by Gasteiger charge is -2.23. The first-order chi connectivity index (χ1) is 8.74. The minimum atomic E-state index is 0.191. The van der Waals surface area contributed by atoms with Gasteiger partial charge in [-0.15, -0.1) is 0 Å². The fourth-order valence-electron chi connectivity index (χ4n) is 1.64. The van der Waals surface area contributed by atoms with Gasteiger partial charge in [-0.2, -0.15) is 0 Å². The van der Waals surface area contributed by atoms with Gasteiger partial charge in [0.2, 0.25) is 5.91 Å². The molecule has 0 heterocycles. The highest BCUT2D eigenvalue weighted by Crippen LogP contribution is 2.25. The Balaban J connectivity index is 1.96. The average Bonchev–Trinajstić information content (AvgIpc) is 2.26. The minimum absolute atomic E-state index is 0.191. The largest absolute Gasteiger partial charge is 0.383 e. The smallest absolute Gasteiger partial charge is 0.223 e. The van der Waals surface area contributed by atoms with Crippen molar-refractivity contribution < 1.29 is 9.53 Å². The molecule has 0 aromatic rings. The van der Waals surface area contributed by atoms with Gasteiger partial charge in [-0.05, 0) is 19.3 Å². The lowest BCUT2D eigenvalue weighted by molar-refractivity contribution is -0.127. The molecule has 0 spiro atoms. The number of rotatable bonds is 8. The molecule has 1 aliphatic rings. The molecule has 0 bridgehead atoms. The lowest BCUT2D eigenvalue weighted by atomic mass is 9.85. The van der Waals surface area contributed by atoms with Crippen LogP contribution in [0.3, 0.4) is 0 Å². The highest BCUT2D eigenvalue weighted by Gasteiger charge is 2.24. The molecular weight excluding hydrogens is 232 g/mol. The summed E-state index contributed by atoms with van der Waals surface area (Å²) in [6, 6.07) is 0. The van der Waals surface area contributed by atoms with E-state index in [4.69, 9.17) is 10.5 Å². The Bertz CT molecular complexity index is 277. The lowest BCUT2D eigenvalue weighted by Crippen LogP contribution is -2.36. The van der Waals surface area contributed by atoms with Crippen molar-refractivity contribution in [2.24, 2.45) is 16.6 Å². The van der Waals surface area contributed by atoms with Gasteiger partial charge in [0.1, 0.15) is 0 Å². The number of ether oxygens (including phenoxy) is 1. The van der Waals surface area contributed by atoms with Crippen molar-refractivity contribution in [3.05, 3.63) is 0 Å². The third kappa shape index (κ3) is 5.86. The molecule has 0 saturated heterocycles. The van der Waals surface area contributed by atoms with Crippen LogP contribution in [0.5, 0.6) is 0 Å². The number of guanidine groups is 1. The summed E-state index contributed by atoms with van der Waals surface area (Å²) in [5.74, 6) is 0.878. The minimum Gasteiger partial charge on any atom is -0.383 e. The van der Waals surface area contributed by atoms with Crippen LogP contribution in [0.25, 0.3) is 0 Å². The van der Waals surface area contributed by atoms with Crippen molar-refractivity contribution in [3.63, 3.8) is 0 Å². The number of aliphatic imine (C=N–C) groups is 1. The molecule has 6 heteroatoms. The zero-order chi connectivity index (χ0) is 13.2. The van der Waals surface area contributed by atoms with E-state index >= 15 is 0 Å². The topological polar surface area (TPSA) is 88.7 Å². The quantitative estimate of drug-likeness (QED) is 0.320. The highest BCUT2D eigenvalue weighted by atomic mass is 16.5. The van der Waals surface area contributed by atoms with Crippen LogP contribution in [0.4, 0.5) is 0 Å². The van der Waals surface area contributed by atoms with Gasteiger partial charge in [-0.25, -0.2) is 0 Å². The number of nitrogens with one attached hydrogen (secondary N) is 2. The van der Waals surface area contributed by atoms with Crippen molar-refractivity contribution in [1.29, 1.82) is 0 Å². The van der Waals surface area contributed by atoms with Crippen molar-refractivity contribution in [2.45, 2.75) is 25.7 Å². The fourth-order valence-corrected chi connectivity index (χ4v) is 1.64. The molecule has 4 N–H and O–H groups in total. The molecule has 0 aliphatic heterocycles. The van der Waals surface area contributed by atoms with E-state index in [2.05, 4.69) is 15.6 Å². The summed E-state index contributed by atoms with van der Waals surface area (Å²) >= 11 is 0. The Morgan fingerprint density at radius 3 is 2.78 bits per heavy atom. The number of nitrogens with zero attached hydrogens (tertiary/aromatic N) is 1.